The van der Waals surface area contributed by atoms with Crippen molar-refractivity contribution in [1.29, 1.82) is 0 Å². The van der Waals surface area contributed by atoms with Crippen LogP contribution in [0.4, 0.5) is 5.69 Å². The van der Waals surface area contributed by atoms with Crippen LogP contribution in [0.15, 0.2) is 18.2 Å². The van der Waals surface area contributed by atoms with E-state index < -0.39 is 0 Å². The Morgan fingerprint density at radius 1 is 1.33 bits per heavy atom. The summed E-state index contributed by atoms with van der Waals surface area (Å²) in [5.74, 6) is 1.02. The van der Waals surface area contributed by atoms with E-state index in [2.05, 4.69) is 0 Å². The highest BCUT2D eigenvalue weighted by atomic mass is 35.5. The van der Waals surface area contributed by atoms with Crippen molar-refractivity contribution >= 4 is 29.1 Å². The fourth-order valence-electron chi connectivity index (χ4n) is 1.94. The minimum atomic E-state index is 0.745. The maximum atomic E-state index is 6.12. The molecule has 1 nitrogen and oxygen atoms in total. The quantitative estimate of drug-likeness (QED) is 0.807. The van der Waals surface area contributed by atoms with Gasteiger partial charge in [0.25, 0.3) is 0 Å². The Hall–Kier alpha value is -0.340. The second-order valence-corrected chi connectivity index (χ2v) is 5.76. The lowest BCUT2D eigenvalue weighted by Gasteiger charge is -2.09. The fraction of sp³-hybridized carbons (Fsp3) is 0.500. The van der Waals surface area contributed by atoms with Gasteiger partial charge >= 0.3 is 0 Å². The zero-order valence-electron chi connectivity index (χ0n) is 8.71. The van der Waals surface area contributed by atoms with Gasteiger partial charge in [-0.25, -0.2) is 0 Å². The SMILES string of the molecule is Nc1ccc(CSC2CCCC2)c(Cl)c1. The number of hydrogen-bond acceptors (Lipinski definition) is 2. The molecular weight excluding hydrogens is 226 g/mol. The first-order valence-electron chi connectivity index (χ1n) is 5.41. The molecule has 82 valence electrons. The maximum Gasteiger partial charge on any atom is 0.0466 e. The largest absolute Gasteiger partial charge is 0.399 e. The van der Waals surface area contributed by atoms with Gasteiger partial charge in [-0.2, -0.15) is 11.8 Å². The van der Waals surface area contributed by atoms with E-state index in [-0.39, 0.29) is 0 Å². The number of nitrogen functional groups attached to an aromatic ring is 1. The van der Waals surface area contributed by atoms with Crippen molar-refractivity contribution in [3.8, 4) is 0 Å². The van der Waals surface area contributed by atoms with Crippen molar-refractivity contribution in [1.82, 2.24) is 0 Å². The molecule has 0 unspecified atom stereocenters. The molecule has 1 aromatic carbocycles. The summed E-state index contributed by atoms with van der Waals surface area (Å²) >= 11 is 8.15. The predicted molar refractivity (Wildman–Crippen MR) is 69.4 cm³/mol. The Morgan fingerprint density at radius 3 is 2.73 bits per heavy atom. The van der Waals surface area contributed by atoms with Crippen molar-refractivity contribution in [2.24, 2.45) is 0 Å². The molecule has 0 heterocycles. The van der Waals surface area contributed by atoms with Crippen molar-refractivity contribution in [2.75, 3.05) is 5.73 Å². The molecule has 0 saturated heterocycles. The molecule has 0 spiro atoms. The molecule has 1 saturated carbocycles. The molecule has 0 radical (unpaired) electrons. The predicted octanol–water partition coefficient (Wildman–Crippen LogP) is 4.10. The third-order valence-electron chi connectivity index (χ3n) is 2.85. The van der Waals surface area contributed by atoms with Gasteiger partial charge in [0, 0.05) is 21.7 Å². The highest BCUT2D eigenvalue weighted by Crippen LogP contribution is 2.33. The van der Waals surface area contributed by atoms with Gasteiger partial charge in [0.15, 0.2) is 0 Å². The monoisotopic (exact) mass is 241 g/mol. The smallest absolute Gasteiger partial charge is 0.0466 e. The molecule has 0 bridgehead atoms. The van der Waals surface area contributed by atoms with Crippen LogP contribution in [-0.4, -0.2) is 5.25 Å². The summed E-state index contributed by atoms with van der Waals surface area (Å²) in [6.07, 6.45) is 5.54. The molecule has 0 atom stereocenters. The van der Waals surface area contributed by atoms with E-state index in [0.717, 1.165) is 21.7 Å². The molecule has 1 aliphatic carbocycles. The Bertz CT molecular complexity index is 334. The average molecular weight is 242 g/mol. The topological polar surface area (TPSA) is 26.0 Å². The van der Waals surface area contributed by atoms with E-state index in [0.29, 0.717) is 0 Å². The number of benzene rings is 1. The minimum Gasteiger partial charge on any atom is -0.399 e. The molecule has 2 rings (SSSR count). The maximum absolute atomic E-state index is 6.12. The third kappa shape index (κ3) is 3.05. The zero-order valence-corrected chi connectivity index (χ0v) is 10.3. The zero-order chi connectivity index (χ0) is 10.7. The van der Waals surface area contributed by atoms with Gasteiger partial charge in [-0.05, 0) is 30.5 Å². The van der Waals surface area contributed by atoms with Crippen LogP contribution in [0, 0.1) is 0 Å². The van der Waals surface area contributed by atoms with E-state index in [1.807, 2.05) is 30.0 Å². The molecule has 1 aromatic rings. The highest BCUT2D eigenvalue weighted by molar-refractivity contribution is 7.99. The van der Waals surface area contributed by atoms with E-state index in [4.69, 9.17) is 17.3 Å². The van der Waals surface area contributed by atoms with E-state index in [1.54, 1.807) is 0 Å². The summed E-state index contributed by atoms with van der Waals surface area (Å²) in [5.41, 5.74) is 7.61. The molecule has 2 N–H and O–H groups in total. The standard InChI is InChI=1S/C12H16ClNS/c13-12-7-10(14)6-5-9(12)8-15-11-3-1-2-4-11/h5-7,11H,1-4,8,14H2. The molecule has 15 heavy (non-hydrogen) atoms. The van der Waals surface area contributed by atoms with Crippen LogP contribution in [0.5, 0.6) is 0 Å². The molecule has 1 aliphatic rings. The first-order valence-corrected chi connectivity index (χ1v) is 6.84. The van der Waals surface area contributed by atoms with Crippen molar-refractivity contribution in [3.05, 3.63) is 28.8 Å². The van der Waals surface area contributed by atoms with Crippen LogP contribution in [0.3, 0.4) is 0 Å². The van der Waals surface area contributed by atoms with Gasteiger partial charge in [-0.15, -0.1) is 0 Å². The van der Waals surface area contributed by atoms with E-state index in [1.165, 1.54) is 31.2 Å². The summed E-state index contributed by atoms with van der Waals surface area (Å²) in [6, 6.07) is 5.81. The van der Waals surface area contributed by atoms with Crippen LogP contribution >= 0.6 is 23.4 Å². The number of thioether (sulfide) groups is 1. The number of hydrogen-bond donors (Lipinski definition) is 1. The minimum absolute atomic E-state index is 0.745. The number of rotatable bonds is 3. The second-order valence-electron chi connectivity index (χ2n) is 4.07. The first kappa shape index (κ1) is 11.2. The lowest BCUT2D eigenvalue weighted by atomic mass is 10.2. The van der Waals surface area contributed by atoms with Crippen molar-refractivity contribution in [2.45, 2.75) is 36.7 Å². The van der Waals surface area contributed by atoms with Gasteiger partial charge in [-0.1, -0.05) is 30.5 Å². The van der Waals surface area contributed by atoms with Gasteiger partial charge in [0.2, 0.25) is 0 Å². The molecule has 0 aromatic heterocycles. The Morgan fingerprint density at radius 2 is 2.07 bits per heavy atom. The molecule has 1 fully saturated rings. The molecular formula is C12H16ClNS. The van der Waals surface area contributed by atoms with Crippen LogP contribution in [-0.2, 0) is 5.75 Å². The lowest BCUT2D eigenvalue weighted by Crippen LogP contribution is -1.95. The van der Waals surface area contributed by atoms with Gasteiger partial charge in [0.1, 0.15) is 0 Å². The van der Waals surface area contributed by atoms with Crippen LogP contribution in [0.1, 0.15) is 31.2 Å². The highest BCUT2D eigenvalue weighted by Gasteiger charge is 2.15. The Kier molecular flexibility index (Phi) is 3.81. The van der Waals surface area contributed by atoms with Crippen molar-refractivity contribution in [3.63, 3.8) is 0 Å². The third-order valence-corrected chi connectivity index (χ3v) is 4.63. The summed E-state index contributed by atoms with van der Waals surface area (Å²) in [7, 11) is 0. The normalized spacial score (nSPS) is 17.1. The van der Waals surface area contributed by atoms with Crippen molar-refractivity contribution < 1.29 is 0 Å². The summed E-state index contributed by atoms with van der Waals surface area (Å²) in [5, 5.41) is 1.65. The Balaban J connectivity index is 1.92. The van der Waals surface area contributed by atoms with Crippen LogP contribution < -0.4 is 5.73 Å². The van der Waals surface area contributed by atoms with Crippen LogP contribution in [0.25, 0.3) is 0 Å². The van der Waals surface area contributed by atoms with Gasteiger partial charge in [-0.3, -0.25) is 0 Å². The lowest BCUT2D eigenvalue weighted by molar-refractivity contribution is 0.886. The summed E-state index contributed by atoms with van der Waals surface area (Å²) in [6.45, 7) is 0. The van der Waals surface area contributed by atoms with Gasteiger partial charge < -0.3 is 5.73 Å². The number of nitrogens with two attached hydrogens (primary N) is 1. The molecule has 0 amide bonds. The molecule has 3 heteroatoms. The van der Waals surface area contributed by atoms with Crippen LogP contribution in [0.2, 0.25) is 5.02 Å². The van der Waals surface area contributed by atoms with E-state index >= 15 is 0 Å². The Labute approximate surface area is 100 Å². The summed E-state index contributed by atoms with van der Waals surface area (Å²) < 4.78 is 0. The number of halogens is 1. The first-order chi connectivity index (χ1) is 7.25. The average Bonchev–Trinajstić information content (AvgIpc) is 2.69. The second kappa shape index (κ2) is 5.13. The fourth-order valence-corrected chi connectivity index (χ4v) is 3.61. The number of anilines is 1. The summed E-state index contributed by atoms with van der Waals surface area (Å²) in [4.78, 5) is 0. The van der Waals surface area contributed by atoms with Gasteiger partial charge in [0.05, 0.1) is 0 Å². The van der Waals surface area contributed by atoms with E-state index in [9.17, 15) is 0 Å². The molecule has 0 aliphatic heterocycles.